The molecule has 0 aliphatic heterocycles. The number of hydrogen-bond donors (Lipinski definition) is 3. The van der Waals surface area contributed by atoms with Crippen molar-refractivity contribution in [3.05, 3.63) is 24.0 Å². The Bertz CT molecular complexity index is 443. The van der Waals surface area contributed by atoms with E-state index in [0.29, 0.717) is 12.1 Å². The number of halogens is 1. The smallest absolute Gasteiger partial charge is 0.237 e. The lowest BCUT2D eigenvalue weighted by Crippen LogP contribution is -2.25. The lowest BCUT2D eigenvalue weighted by molar-refractivity contribution is -0.115. The van der Waals surface area contributed by atoms with E-state index in [1.807, 2.05) is 6.92 Å². The van der Waals surface area contributed by atoms with Crippen LogP contribution in [-0.2, 0) is 4.79 Å². The zero-order valence-corrected chi connectivity index (χ0v) is 11.8. The van der Waals surface area contributed by atoms with Gasteiger partial charge in [0.05, 0.1) is 16.6 Å². The first-order valence-electron chi connectivity index (χ1n) is 6.06. The number of hydrogen-bond acceptors (Lipinski definition) is 4. The molecule has 2 unspecified atom stereocenters. The van der Waals surface area contributed by atoms with E-state index in [2.05, 4.69) is 5.32 Å². The maximum absolute atomic E-state index is 12.9. The molecule has 0 aromatic heterocycles. The molecule has 0 aliphatic rings. The van der Waals surface area contributed by atoms with Gasteiger partial charge >= 0.3 is 0 Å². The van der Waals surface area contributed by atoms with Crippen molar-refractivity contribution >= 4 is 29.0 Å². The van der Waals surface area contributed by atoms with Crippen LogP contribution >= 0.6 is 11.8 Å². The highest BCUT2D eigenvalue weighted by atomic mass is 32.2. The van der Waals surface area contributed by atoms with Gasteiger partial charge in [-0.3, -0.25) is 4.79 Å². The normalized spacial score (nSPS) is 13.9. The highest BCUT2D eigenvalue weighted by molar-refractivity contribution is 8.01. The van der Waals surface area contributed by atoms with Crippen molar-refractivity contribution in [2.45, 2.75) is 30.8 Å². The summed E-state index contributed by atoms with van der Waals surface area (Å²) < 4.78 is 12.9. The van der Waals surface area contributed by atoms with E-state index >= 15 is 0 Å². The number of thioether (sulfide) groups is 1. The van der Waals surface area contributed by atoms with Gasteiger partial charge in [-0.15, -0.1) is 11.8 Å². The molecule has 19 heavy (non-hydrogen) atoms. The van der Waals surface area contributed by atoms with E-state index in [1.54, 1.807) is 6.92 Å². The molecule has 106 valence electrons. The molecule has 4 N–H and O–H groups in total. The number of benzene rings is 1. The highest BCUT2D eigenvalue weighted by Gasteiger charge is 2.17. The van der Waals surface area contributed by atoms with Crippen molar-refractivity contribution in [1.29, 1.82) is 0 Å². The van der Waals surface area contributed by atoms with E-state index in [-0.39, 0.29) is 28.7 Å². The number of aliphatic hydroxyl groups excluding tert-OH is 1. The average molecular weight is 286 g/mol. The molecule has 4 nitrogen and oxygen atoms in total. The average Bonchev–Trinajstić information content (AvgIpc) is 2.32. The van der Waals surface area contributed by atoms with E-state index < -0.39 is 5.82 Å². The minimum absolute atomic E-state index is 0.105. The van der Waals surface area contributed by atoms with E-state index in [4.69, 9.17) is 10.8 Å². The van der Waals surface area contributed by atoms with Gasteiger partial charge in [-0.05, 0) is 31.5 Å². The van der Waals surface area contributed by atoms with Crippen LogP contribution in [0.1, 0.15) is 20.3 Å². The van der Waals surface area contributed by atoms with Crippen LogP contribution in [-0.4, -0.2) is 28.1 Å². The van der Waals surface area contributed by atoms with Gasteiger partial charge in [-0.25, -0.2) is 4.39 Å². The Morgan fingerprint density at radius 1 is 1.53 bits per heavy atom. The Morgan fingerprint density at radius 3 is 2.79 bits per heavy atom. The predicted octanol–water partition coefficient (Wildman–Crippen LogP) is 2.24. The lowest BCUT2D eigenvalue weighted by Gasteiger charge is -2.17. The molecule has 0 spiro atoms. The predicted molar refractivity (Wildman–Crippen MR) is 77.7 cm³/mol. The summed E-state index contributed by atoms with van der Waals surface area (Å²) in [7, 11) is 0. The Hall–Kier alpha value is -1.27. The van der Waals surface area contributed by atoms with E-state index in [1.165, 1.54) is 30.0 Å². The number of carbonyl (C=O) groups is 1. The second kappa shape index (κ2) is 7.35. The summed E-state index contributed by atoms with van der Waals surface area (Å²) in [5.74, 6) is -0.623. The second-order valence-electron chi connectivity index (χ2n) is 4.32. The van der Waals surface area contributed by atoms with Crippen LogP contribution in [0.25, 0.3) is 0 Å². The van der Waals surface area contributed by atoms with Gasteiger partial charge in [0.15, 0.2) is 0 Å². The number of rotatable bonds is 6. The third-order valence-corrected chi connectivity index (χ3v) is 3.94. The maximum atomic E-state index is 12.9. The van der Waals surface area contributed by atoms with Gasteiger partial charge in [0.25, 0.3) is 0 Å². The van der Waals surface area contributed by atoms with E-state index in [9.17, 15) is 9.18 Å². The molecular weight excluding hydrogens is 267 g/mol. The van der Waals surface area contributed by atoms with Crippen LogP contribution in [0.3, 0.4) is 0 Å². The molecule has 0 saturated heterocycles. The van der Waals surface area contributed by atoms with Crippen LogP contribution in [0, 0.1) is 5.82 Å². The van der Waals surface area contributed by atoms with Crippen molar-refractivity contribution in [2.24, 2.45) is 0 Å². The summed E-state index contributed by atoms with van der Waals surface area (Å²) in [6.07, 6.45) is 0.640. The number of carbonyl (C=O) groups excluding carboxylic acids is 1. The number of aliphatic hydroxyl groups is 1. The third-order valence-electron chi connectivity index (χ3n) is 2.61. The zero-order valence-electron chi connectivity index (χ0n) is 11.0. The third kappa shape index (κ3) is 5.08. The molecule has 1 rings (SSSR count). The molecular formula is C13H19FN2O2S. The van der Waals surface area contributed by atoms with Crippen LogP contribution < -0.4 is 11.1 Å². The van der Waals surface area contributed by atoms with Crippen molar-refractivity contribution in [3.63, 3.8) is 0 Å². The fraction of sp³-hybridized carbons (Fsp3) is 0.462. The standard InChI is InChI=1S/C13H19FN2O2S/c1-8(5-6-17)19-9(2)13(18)16-12-4-3-10(14)7-11(12)15/h3-4,7-9,17H,5-6,15H2,1-2H3,(H,16,18). The van der Waals surface area contributed by atoms with Gasteiger partial charge in [0, 0.05) is 11.9 Å². The van der Waals surface area contributed by atoms with Gasteiger partial charge in [0.2, 0.25) is 5.91 Å². The van der Waals surface area contributed by atoms with Crippen molar-refractivity contribution in [1.82, 2.24) is 0 Å². The van der Waals surface area contributed by atoms with Crippen LogP contribution in [0.15, 0.2) is 18.2 Å². The highest BCUT2D eigenvalue weighted by Crippen LogP contribution is 2.23. The first-order chi connectivity index (χ1) is 8.93. The summed E-state index contributed by atoms with van der Waals surface area (Å²) in [6, 6.07) is 3.86. The van der Waals surface area contributed by atoms with E-state index in [0.717, 1.165) is 0 Å². The summed E-state index contributed by atoms with van der Waals surface area (Å²) in [5, 5.41) is 11.4. The molecule has 6 heteroatoms. The van der Waals surface area contributed by atoms with Crippen LogP contribution in [0.2, 0.25) is 0 Å². The quantitative estimate of drug-likeness (QED) is 0.701. The van der Waals surface area contributed by atoms with Crippen molar-refractivity contribution < 1.29 is 14.3 Å². The fourth-order valence-electron chi connectivity index (χ4n) is 1.54. The Kier molecular flexibility index (Phi) is 6.11. The monoisotopic (exact) mass is 286 g/mol. The topological polar surface area (TPSA) is 75.3 Å². The maximum Gasteiger partial charge on any atom is 0.237 e. The molecule has 1 amide bonds. The first-order valence-corrected chi connectivity index (χ1v) is 7.00. The first kappa shape index (κ1) is 15.8. The molecule has 0 aliphatic carbocycles. The molecule has 0 saturated carbocycles. The Labute approximate surface area is 116 Å². The van der Waals surface area contributed by atoms with Crippen LogP contribution in [0.5, 0.6) is 0 Å². The minimum Gasteiger partial charge on any atom is -0.397 e. The second-order valence-corrected chi connectivity index (χ2v) is 6.11. The number of nitrogens with one attached hydrogen (secondary N) is 1. The number of nitrogen functional groups attached to an aromatic ring is 1. The SMILES string of the molecule is CC(CCO)SC(C)C(=O)Nc1ccc(F)cc1N. The molecule has 0 bridgehead atoms. The van der Waals surface area contributed by atoms with Crippen molar-refractivity contribution in [2.75, 3.05) is 17.7 Å². The molecule has 0 fully saturated rings. The number of amides is 1. The largest absolute Gasteiger partial charge is 0.397 e. The Morgan fingerprint density at radius 2 is 2.21 bits per heavy atom. The summed E-state index contributed by atoms with van der Waals surface area (Å²) in [5.41, 5.74) is 6.24. The molecule has 2 atom stereocenters. The van der Waals surface area contributed by atoms with Gasteiger partial charge in [0.1, 0.15) is 5.82 Å². The van der Waals surface area contributed by atoms with Crippen LogP contribution in [0.4, 0.5) is 15.8 Å². The Balaban J connectivity index is 2.58. The van der Waals surface area contributed by atoms with Gasteiger partial charge in [-0.1, -0.05) is 6.92 Å². The summed E-state index contributed by atoms with van der Waals surface area (Å²) in [4.78, 5) is 11.9. The van der Waals surface area contributed by atoms with Gasteiger partial charge < -0.3 is 16.2 Å². The number of anilines is 2. The molecule has 0 heterocycles. The fourth-order valence-corrected chi connectivity index (χ4v) is 2.66. The lowest BCUT2D eigenvalue weighted by atomic mass is 10.2. The minimum atomic E-state index is -0.436. The summed E-state index contributed by atoms with van der Waals surface area (Å²) >= 11 is 1.47. The zero-order chi connectivity index (χ0) is 14.4. The molecule has 1 aromatic rings. The van der Waals surface area contributed by atoms with Crippen molar-refractivity contribution in [3.8, 4) is 0 Å². The molecule has 1 aromatic carbocycles. The molecule has 0 radical (unpaired) electrons. The number of nitrogens with two attached hydrogens (primary N) is 1. The van der Waals surface area contributed by atoms with Gasteiger partial charge in [-0.2, -0.15) is 0 Å². The summed E-state index contributed by atoms with van der Waals surface area (Å²) in [6.45, 7) is 3.85.